The maximum atomic E-state index is 12.3. The van der Waals surface area contributed by atoms with Gasteiger partial charge in [0.05, 0.1) is 0 Å². The van der Waals surface area contributed by atoms with Crippen LogP contribution in [0.3, 0.4) is 0 Å². The molecule has 0 aliphatic heterocycles. The number of rotatable bonds is 2. The summed E-state index contributed by atoms with van der Waals surface area (Å²) in [6.07, 6.45) is 5.53. The molecule has 1 aromatic carbocycles. The lowest BCUT2D eigenvalue weighted by atomic mass is 10.0. The van der Waals surface area contributed by atoms with Gasteiger partial charge in [-0.3, -0.25) is 4.79 Å². The van der Waals surface area contributed by atoms with Crippen LogP contribution in [0.5, 0.6) is 0 Å². The van der Waals surface area contributed by atoms with Crippen LogP contribution in [0.15, 0.2) is 22.7 Å². The molecule has 0 heterocycles. The Morgan fingerprint density at radius 3 is 2.79 bits per heavy atom. The zero-order valence-corrected chi connectivity index (χ0v) is 12.9. The van der Waals surface area contributed by atoms with Crippen LogP contribution in [-0.4, -0.2) is 18.0 Å². The minimum Gasteiger partial charge on any atom is -0.348 e. The van der Waals surface area contributed by atoms with Crippen molar-refractivity contribution in [3.63, 3.8) is 0 Å². The van der Waals surface area contributed by atoms with Crippen molar-refractivity contribution in [3.8, 4) is 0 Å². The summed E-state index contributed by atoms with van der Waals surface area (Å²) in [5.74, 6) is -0.00708. The molecule has 2 atom stereocenters. The van der Waals surface area contributed by atoms with Crippen molar-refractivity contribution in [2.75, 3.05) is 0 Å². The SMILES string of the molecule is Cc1cc(Br)ccc1C(=O)NC1CCCCCC1N. The zero-order chi connectivity index (χ0) is 13.8. The molecule has 0 bridgehead atoms. The predicted octanol–water partition coefficient (Wildman–Crippen LogP) is 3.15. The normalized spacial score (nSPS) is 23.7. The van der Waals surface area contributed by atoms with Gasteiger partial charge in [-0.2, -0.15) is 0 Å². The van der Waals surface area contributed by atoms with E-state index in [4.69, 9.17) is 5.73 Å². The summed E-state index contributed by atoms with van der Waals surface area (Å²) in [7, 11) is 0. The lowest BCUT2D eigenvalue weighted by Crippen LogP contribution is -2.47. The van der Waals surface area contributed by atoms with Gasteiger partial charge in [0, 0.05) is 22.1 Å². The average molecular weight is 325 g/mol. The first-order valence-corrected chi connectivity index (χ1v) is 7.70. The monoisotopic (exact) mass is 324 g/mol. The molecule has 4 heteroatoms. The van der Waals surface area contributed by atoms with Crippen LogP contribution in [0.1, 0.15) is 48.0 Å². The van der Waals surface area contributed by atoms with Crippen LogP contribution in [0, 0.1) is 6.92 Å². The lowest BCUT2D eigenvalue weighted by Gasteiger charge is -2.23. The maximum absolute atomic E-state index is 12.3. The van der Waals surface area contributed by atoms with Crippen LogP contribution in [-0.2, 0) is 0 Å². The molecular formula is C15H21BrN2O. The predicted molar refractivity (Wildman–Crippen MR) is 81.2 cm³/mol. The summed E-state index contributed by atoms with van der Waals surface area (Å²) in [5, 5.41) is 3.11. The molecule has 1 aliphatic rings. The van der Waals surface area contributed by atoms with Gasteiger partial charge in [-0.25, -0.2) is 0 Å². The van der Waals surface area contributed by atoms with Crippen molar-refractivity contribution in [1.82, 2.24) is 5.32 Å². The van der Waals surface area contributed by atoms with E-state index in [2.05, 4.69) is 21.2 Å². The van der Waals surface area contributed by atoms with Crippen LogP contribution in [0.4, 0.5) is 0 Å². The summed E-state index contributed by atoms with van der Waals surface area (Å²) in [6, 6.07) is 5.91. The smallest absolute Gasteiger partial charge is 0.251 e. The van der Waals surface area contributed by atoms with E-state index in [1.807, 2.05) is 25.1 Å². The van der Waals surface area contributed by atoms with Crippen molar-refractivity contribution >= 4 is 21.8 Å². The summed E-state index contributed by atoms with van der Waals surface area (Å²) in [5.41, 5.74) is 7.86. The molecule has 0 radical (unpaired) electrons. The van der Waals surface area contributed by atoms with E-state index >= 15 is 0 Å². The molecule has 0 aromatic heterocycles. The molecule has 3 N–H and O–H groups in total. The molecule has 1 amide bonds. The average Bonchev–Trinajstić information content (AvgIpc) is 2.55. The van der Waals surface area contributed by atoms with Crippen molar-refractivity contribution in [3.05, 3.63) is 33.8 Å². The fourth-order valence-corrected chi connectivity index (χ4v) is 3.12. The Bertz CT molecular complexity index is 461. The quantitative estimate of drug-likeness (QED) is 0.821. The Labute approximate surface area is 123 Å². The largest absolute Gasteiger partial charge is 0.348 e. The summed E-state index contributed by atoms with van der Waals surface area (Å²) in [4.78, 5) is 12.3. The second kappa shape index (κ2) is 6.53. The van der Waals surface area contributed by atoms with Gasteiger partial charge in [0.25, 0.3) is 5.91 Å². The Balaban J connectivity index is 2.07. The van der Waals surface area contributed by atoms with E-state index in [-0.39, 0.29) is 18.0 Å². The van der Waals surface area contributed by atoms with E-state index in [9.17, 15) is 4.79 Å². The molecule has 1 aromatic rings. The summed E-state index contributed by atoms with van der Waals surface area (Å²) < 4.78 is 0.993. The van der Waals surface area contributed by atoms with Crippen LogP contribution >= 0.6 is 15.9 Å². The van der Waals surface area contributed by atoms with Crippen molar-refractivity contribution < 1.29 is 4.79 Å². The number of nitrogens with two attached hydrogens (primary N) is 1. The number of hydrogen-bond acceptors (Lipinski definition) is 2. The molecule has 1 aliphatic carbocycles. The van der Waals surface area contributed by atoms with E-state index < -0.39 is 0 Å². The molecule has 2 rings (SSSR count). The van der Waals surface area contributed by atoms with Crippen molar-refractivity contribution in [2.45, 2.75) is 51.1 Å². The van der Waals surface area contributed by atoms with Gasteiger partial charge < -0.3 is 11.1 Å². The molecule has 1 fully saturated rings. The number of carbonyl (C=O) groups excluding carboxylic acids is 1. The van der Waals surface area contributed by atoms with Gasteiger partial charge in [-0.05, 0) is 43.5 Å². The lowest BCUT2D eigenvalue weighted by molar-refractivity contribution is 0.0928. The highest BCUT2D eigenvalue weighted by Gasteiger charge is 2.22. The highest BCUT2D eigenvalue weighted by molar-refractivity contribution is 9.10. The molecule has 104 valence electrons. The molecule has 2 unspecified atom stereocenters. The fourth-order valence-electron chi connectivity index (χ4n) is 2.64. The van der Waals surface area contributed by atoms with Gasteiger partial charge in [0.2, 0.25) is 0 Å². The second-order valence-electron chi connectivity index (χ2n) is 5.34. The molecule has 1 saturated carbocycles. The number of nitrogens with one attached hydrogen (secondary N) is 1. The van der Waals surface area contributed by atoms with Crippen LogP contribution < -0.4 is 11.1 Å². The molecule has 0 spiro atoms. The van der Waals surface area contributed by atoms with Crippen LogP contribution in [0.25, 0.3) is 0 Å². The summed E-state index contributed by atoms with van der Waals surface area (Å²) in [6.45, 7) is 1.95. The minimum absolute atomic E-state index is 0.00708. The summed E-state index contributed by atoms with van der Waals surface area (Å²) >= 11 is 3.41. The highest BCUT2D eigenvalue weighted by Crippen LogP contribution is 2.19. The Morgan fingerprint density at radius 1 is 1.32 bits per heavy atom. The number of amides is 1. The molecule has 19 heavy (non-hydrogen) atoms. The number of halogens is 1. The van der Waals surface area contributed by atoms with Gasteiger partial charge in [-0.1, -0.05) is 35.2 Å². The van der Waals surface area contributed by atoms with Gasteiger partial charge >= 0.3 is 0 Å². The molecule has 3 nitrogen and oxygen atoms in total. The van der Waals surface area contributed by atoms with E-state index in [1.165, 1.54) is 12.8 Å². The van der Waals surface area contributed by atoms with E-state index in [0.29, 0.717) is 0 Å². The van der Waals surface area contributed by atoms with Gasteiger partial charge in [0.15, 0.2) is 0 Å². The zero-order valence-electron chi connectivity index (χ0n) is 11.3. The topological polar surface area (TPSA) is 55.1 Å². The first-order valence-electron chi connectivity index (χ1n) is 6.90. The number of aryl methyl sites for hydroxylation is 1. The number of carbonyl (C=O) groups is 1. The fraction of sp³-hybridized carbons (Fsp3) is 0.533. The third kappa shape index (κ3) is 3.80. The van der Waals surface area contributed by atoms with Crippen molar-refractivity contribution in [2.24, 2.45) is 5.73 Å². The highest BCUT2D eigenvalue weighted by atomic mass is 79.9. The maximum Gasteiger partial charge on any atom is 0.251 e. The molecular weight excluding hydrogens is 304 g/mol. The minimum atomic E-state index is -0.00708. The Kier molecular flexibility index (Phi) is 4.99. The Morgan fingerprint density at radius 2 is 2.05 bits per heavy atom. The third-order valence-corrected chi connectivity index (χ3v) is 4.31. The van der Waals surface area contributed by atoms with Gasteiger partial charge in [0.1, 0.15) is 0 Å². The van der Waals surface area contributed by atoms with Gasteiger partial charge in [-0.15, -0.1) is 0 Å². The standard InChI is InChI=1S/C15H21BrN2O/c1-10-9-11(16)7-8-12(10)15(19)18-14-6-4-2-3-5-13(14)17/h7-9,13-14H,2-6,17H2,1H3,(H,18,19). The third-order valence-electron chi connectivity index (χ3n) is 3.82. The number of benzene rings is 1. The first-order chi connectivity index (χ1) is 9.08. The molecule has 0 saturated heterocycles. The first kappa shape index (κ1) is 14.5. The van der Waals surface area contributed by atoms with Crippen molar-refractivity contribution in [1.29, 1.82) is 0 Å². The second-order valence-corrected chi connectivity index (χ2v) is 6.26. The van der Waals surface area contributed by atoms with Crippen LogP contribution in [0.2, 0.25) is 0 Å². The Hall–Kier alpha value is -0.870. The van der Waals surface area contributed by atoms with E-state index in [0.717, 1.165) is 34.9 Å². The number of hydrogen-bond donors (Lipinski definition) is 2. The van der Waals surface area contributed by atoms with E-state index in [1.54, 1.807) is 0 Å².